The summed E-state index contributed by atoms with van der Waals surface area (Å²) in [7, 11) is -3.22. The number of benzene rings is 2. The van der Waals surface area contributed by atoms with Gasteiger partial charge < -0.3 is 10.1 Å². The molecule has 0 radical (unpaired) electrons. The van der Waals surface area contributed by atoms with E-state index in [1.807, 2.05) is 13.0 Å². The number of ether oxygens (including phenoxy) is 1. The molecule has 0 saturated carbocycles. The molecule has 0 bridgehead atoms. The number of fused-ring (bicyclic) bond motifs is 1. The standard InChI is InChI=1S/C17H17N3O4S/c1-11(12-3-8-16-15(9-12)18-17(21)10-24-16)19-20-13-4-6-14(7-5-13)25(2,22)23/h3-9,20H,10H2,1-2H3,(H,18,21). The molecule has 1 heterocycles. The zero-order chi connectivity index (χ0) is 18.0. The number of nitrogens with zero attached hydrogens (tertiary/aromatic N) is 1. The van der Waals surface area contributed by atoms with Crippen molar-refractivity contribution < 1.29 is 17.9 Å². The number of carbonyl (C=O) groups excluding carboxylic acids is 1. The zero-order valence-corrected chi connectivity index (χ0v) is 14.6. The second kappa shape index (κ2) is 6.56. The number of carbonyl (C=O) groups is 1. The predicted molar refractivity (Wildman–Crippen MR) is 96.0 cm³/mol. The van der Waals surface area contributed by atoms with Gasteiger partial charge in [0.05, 0.1) is 22.0 Å². The first-order chi connectivity index (χ1) is 11.8. The van der Waals surface area contributed by atoms with Crippen LogP contribution in [0.15, 0.2) is 52.5 Å². The lowest BCUT2D eigenvalue weighted by Crippen LogP contribution is -2.25. The SMILES string of the molecule is CC(=NNc1ccc(S(C)(=O)=O)cc1)c1ccc2c(c1)NC(=O)CO2. The van der Waals surface area contributed by atoms with Gasteiger partial charge in [0.2, 0.25) is 0 Å². The number of rotatable bonds is 4. The summed E-state index contributed by atoms with van der Waals surface area (Å²) in [6.07, 6.45) is 1.16. The van der Waals surface area contributed by atoms with Gasteiger partial charge in [-0.25, -0.2) is 8.42 Å². The normalized spacial score (nSPS) is 14.3. The van der Waals surface area contributed by atoms with Crippen LogP contribution in [0.2, 0.25) is 0 Å². The summed E-state index contributed by atoms with van der Waals surface area (Å²) in [6, 6.07) is 11.8. The Hall–Kier alpha value is -2.87. The molecule has 0 unspecified atom stereocenters. The fourth-order valence-electron chi connectivity index (χ4n) is 2.30. The first-order valence-electron chi connectivity index (χ1n) is 7.50. The molecule has 0 aromatic heterocycles. The van der Waals surface area contributed by atoms with Crippen LogP contribution in [0.5, 0.6) is 5.75 Å². The topological polar surface area (TPSA) is 96.9 Å². The Morgan fingerprint density at radius 3 is 2.60 bits per heavy atom. The van der Waals surface area contributed by atoms with E-state index in [-0.39, 0.29) is 17.4 Å². The Kier molecular flexibility index (Phi) is 4.45. The molecule has 2 aromatic carbocycles. The molecule has 1 aliphatic heterocycles. The lowest BCUT2D eigenvalue weighted by atomic mass is 10.1. The number of anilines is 2. The molecule has 3 rings (SSSR count). The van der Waals surface area contributed by atoms with Crippen LogP contribution < -0.4 is 15.5 Å². The fraction of sp³-hybridized carbons (Fsp3) is 0.176. The maximum absolute atomic E-state index is 11.4. The van der Waals surface area contributed by atoms with E-state index in [9.17, 15) is 13.2 Å². The third-order valence-corrected chi connectivity index (χ3v) is 4.79. The lowest BCUT2D eigenvalue weighted by Gasteiger charge is -2.18. The molecule has 0 spiro atoms. The minimum absolute atomic E-state index is 0.0183. The summed E-state index contributed by atoms with van der Waals surface area (Å²) < 4.78 is 28.2. The van der Waals surface area contributed by atoms with Gasteiger partial charge in [-0.15, -0.1) is 0 Å². The van der Waals surface area contributed by atoms with Crippen LogP contribution >= 0.6 is 0 Å². The number of amides is 1. The molecule has 7 nitrogen and oxygen atoms in total. The largest absolute Gasteiger partial charge is 0.482 e. The Labute approximate surface area is 145 Å². The van der Waals surface area contributed by atoms with Crippen LogP contribution in [-0.2, 0) is 14.6 Å². The minimum atomic E-state index is -3.22. The zero-order valence-electron chi connectivity index (χ0n) is 13.7. The van der Waals surface area contributed by atoms with Crippen LogP contribution in [0.4, 0.5) is 11.4 Å². The molecule has 1 amide bonds. The highest BCUT2D eigenvalue weighted by Crippen LogP contribution is 2.28. The maximum Gasteiger partial charge on any atom is 0.262 e. The van der Waals surface area contributed by atoms with Crippen molar-refractivity contribution in [2.75, 3.05) is 23.6 Å². The molecule has 25 heavy (non-hydrogen) atoms. The van der Waals surface area contributed by atoms with Crippen molar-refractivity contribution in [3.05, 3.63) is 48.0 Å². The third-order valence-electron chi connectivity index (χ3n) is 3.67. The number of hydrogen-bond acceptors (Lipinski definition) is 6. The fourth-order valence-corrected chi connectivity index (χ4v) is 2.93. The van der Waals surface area contributed by atoms with Crippen molar-refractivity contribution in [2.24, 2.45) is 5.10 Å². The van der Waals surface area contributed by atoms with E-state index >= 15 is 0 Å². The van der Waals surface area contributed by atoms with E-state index in [4.69, 9.17) is 4.74 Å². The van der Waals surface area contributed by atoms with E-state index in [0.717, 1.165) is 11.8 Å². The Bertz CT molecular complexity index is 950. The summed E-state index contributed by atoms with van der Waals surface area (Å²) in [5.74, 6) is 0.434. The van der Waals surface area contributed by atoms with Crippen molar-refractivity contribution in [3.63, 3.8) is 0 Å². The molecular formula is C17H17N3O4S. The van der Waals surface area contributed by atoms with Gasteiger partial charge in [-0.2, -0.15) is 5.10 Å². The second-order valence-corrected chi connectivity index (χ2v) is 7.67. The molecule has 0 fully saturated rings. The van der Waals surface area contributed by atoms with Crippen LogP contribution in [0.25, 0.3) is 0 Å². The number of sulfone groups is 1. The minimum Gasteiger partial charge on any atom is -0.482 e. The van der Waals surface area contributed by atoms with Crippen molar-refractivity contribution in [1.82, 2.24) is 0 Å². The van der Waals surface area contributed by atoms with Gasteiger partial charge in [-0.3, -0.25) is 10.2 Å². The number of hydrazone groups is 1. The Balaban J connectivity index is 1.76. The first kappa shape index (κ1) is 17.0. The second-order valence-electron chi connectivity index (χ2n) is 5.65. The summed E-state index contributed by atoms with van der Waals surface area (Å²) in [6.45, 7) is 1.84. The third kappa shape index (κ3) is 3.97. The van der Waals surface area contributed by atoms with Crippen LogP contribution in [0.3, 0.4) is 0 Å². The van der Waals surface area contributed by atoms with Gasteiger partial charge in [0.1, 0.15) is 5.75 Å². The van der Waals surface area contributed by atoms with Crippen molar-refractivity contribution in [2.45, 2.75) is 11.8 Å². The predicted octanol–water partition coefficient (Wildman–Crippen LogP) is 2.26. The van der Waals surface area contributed by atoms with Gasteiger partial charge in [0.15, 0.2) is 16.4 Å². The molecule has 0 saturated heterocycles. The molecular weight excluding hydrogens is 342 g/mol. The van der Waals surface area contributed by atoms with E-state index in [2.05, 4.69) is 15.8 Å². The summed E-state index contributed by atoms with van der Waals surface area (Å²) in [4.78, 5) is 11.6. The van der Waals surface area contributed by atoms with Crippen molar-refractivity contribution in [3.8, 4) is 5.75 Å². The van der Waals surface area contributed by atoms with E-state index in [0.29, 0.717) is 22.8 Å². The number of nitrogens with one attached hydrogen (secondary N) is 2. The molecule has 1 aliphatic rings. The van der Waals surface area contributed by atoms with Crippen LogP contribution in [0.1, 0.15) is 12.5 Å². The average molecular weight is 359 g/mol. The molecule has 8 heteroatoms. The smallest absolute Gasteiger partial charge is 0.262 e. The molecule has 130 valence electrons. The summed E-state index contributed by atoms with van der Waals surface area (Å²) >= 11 is 0. The first-order valence-corrected chi connectivity index (χ1v) is 9.39. The Morgan fingerprint density at radius 2 is 1.92 bits per heavy atom. The highest BCUT2D eigenvalue weighted by atomic mass is 32.2. The average Bonchev–Trinajstić information content (AvgIpc) is 2.58. The van der Waals surface area contributed by atoms with Gasteiger partial charge in [-0.05, 0) is 55.0 Å². The van der Waals surface area contributed by atoms with E-state index in [1.54, 1.807) is 24.3 Å². The van der Waals surface area contributed by atoms with E-state index < -0.39 is 9.84 Å². The van der Waals surface area contributed by atoms with E-state index in [1.165, 1.54) is 12.1 Å². The molecule has 2 aromatic rings. The van der Waals surface area contributed by atoms with Crippen molar-refractivity contribution in [1.29, 1.82) is 0 Å². The molecule has 0 atom stereocenters. The molecule has 0 aliphatic carbocycles. The van der Waals surface area contributed by atoms with Gasteiger partial charge in [0.25, 0.3) is 5.91 Å². The summed E-state index contributed by atoms with van der Waals surface area (Å²) in [5, 5.41) is 7.04. The lowest BCUT2D eigenvalue weighted by molar-refractivity contribution is -0.118. The van der Waals surface area contributed by atoms with Gasteiger partial charge in [0, 0.05) is 6.26 Å². The summed E-state index contributed by atoms with van der Waals surface area (Å²) in [5.41, 5.74) is 5.69. The highest BCUT2D eigenvalue weighted by molar-refractivity contribution is 7.90. The number of hydrogen-bond donors (Lipinski definition) is 2. The Morgan fingerprint density at radius 1 is 1.20 bits per heavy atom. The highest BCUT2D eigenvalue weighted by Gasteiger charge is 2.16. The van der Waals surface area contributed by atoms with Crippen molar-refractivity contribution >= 4 is 32.8 Å². The molecule has 2 N–H and O–H groups in total. The quantitative estimate of drug-likeness (QED) is 0.645. The maximum atomic E-state index is 11.4. The van der Waals surface area contributed by atoms with Gasteiger partial charge >= 0.3 is 0 Å². The van der Waals surface area contributed by atoms with Gasteiger partial charge in [-0.1, -0.05) is 0 Å². The monoisotopic (exact) mass is 359 g/mol. The van der Waals surface area contributed by atoms with Crippen LogP contribution in [0, 0.1) is 0 Å². The van der Waals surface area contributed by atoms with Crippen LogP contribution in [-0.4, -0.2) is 32.9 Å².